The van der Waals surface area contributed by atoms with Gasteiger partial charge >= 0.3 is 6.03 Å². The van der Waals surface area contributed by atoms with Crippen LogP contribution in [0.4, 0.5) is 16.2 Å². The molecule has 8 nitrogen and oxygen atoms in total. The number of carbonyl (C=O) groups is 3. The average Bonchev–Trinajstić information content (AvgIpc) is 3.02. The Morgan fingerprint density at radius 1 is 1.15 bits per heavy atom. The minimum absolute atomic E-state index is 0.0806. The zero-order valence-electron chi connectivity index (χ0n) is 14.8. The van der Waals surface area contributed by atoms with Crippen LogP contribution in [-0.4, -0.2) is 37.5 Å². The van der Waals surface area contributed by atoms with Gasteiger partial charge in [-0.2, -0.15) is 0 Å². The van der Waals surface area contributed by atoms with Crippen LogP contribution >= 0.6 is 0 Å². The van der Waals surface area contributed by atoms with E-state index in [4.69, 9.17) is 10.5 Å². The summed E-state index contributed by atoms with van der Waals surface area (Å²) in [6, 6.07) is 12.8. The number of primary amides is 1. The number of ether oxygens (including phenoxy) is 1. The highest BCUT2D eigenvalue weighted by Crippen LogP contribution is 2.24. The Morgan fingerprint density at radius 3 is 2.52 bits per heavy atom. The molecule has 8 heteroatoms. The van der Waals surface area contributed by atoms with Gasteiger partial charge in [0.15, 0.2) is 0 Å². The zero-order valence-corrected chi connectivity index (χ0v) is 14.8. The van der Waals surface area contributed by atoms with Crippen LogP contribution in [0.5, 0.6) is 5.75 Å². The van der Waals surface area contributed by atoms with Crippen molar-refractivity contribution in [3.8, 4) is 5.75 Å². The number of hydrogen-bond donors (Lipinski definition) is 3. The third kappa shape index (κ3) is 4.17. The third-order valence-electron chi connectivity index (χ3n) is 4.29. The van der Waals surface area contributed by atoms with Crippen LogP contribution in [0.1, 0.15) is 16.8 Å². The number of nitrogens with zero attached hydrogens (tertiary/aromatic N) is 1. The Kier molecular flexibility index (Phi) is 5.25. The third-order valence-corrected chi connectivity index (χ3v) is 4.29. The van der Waals surface area contributed by atoms with Crippen molar-refractivity contribution in [3.05, 3.63) is 54.1 Å². The SMILES string of the molecule is COc1ccc(N2C[C@H](NC(=O)Nc3ccccc3C(N)=O)CC2=O)cc1. The lowest BCUT2D eigenvalue weighted by molar-refractivity contribution is -0.117. The minimum atomic E-state index is -0.632. The first-order chi connectivity index (χ1) is 13.0. The molecule has 0 aromatic heterocycles. The van der Waals surface area contributed by atoms with Crippen LogP contribution < -0.4 is 26.0 Å². The number of carbonyl (C=O) groups excluding carboxylic acids is 3. The van der Waals surface area contributed by atoms with Gasteiger partial charge in [0.05, 0.1) is 24.4 Å². The molecule has 1 fully saturated rings. The topological polar surface area (TPSA) is 114 Å². The number of rotatable bonds is 5. The number of amides is 4. The van der Waals surface area contributed by atoms with Crippen molar-refractivity contribution in [2.45, 2.75) is 12.5 Å². The molecule has 0 bridgehead atoms. The number of benzene rings is 2. The zero-order chi connectivity index (χ0) is 19.4. The molecule has 2 aromatic rings. The molecule has 0 spiro atoms. The summed E-state index contributed by atoms with van der Waals surface area (Å²) in [5.41, 5.74) is 6.58. The van der Waals surface area contributed by atoms with E-state index >= 15 is 0 Å². The van der Waals surface area contributed by atoms with Crippen LogP contribution in [0.3, 0.4) is 0 Å². The van der Waals surface area contributed by atoms with Crippen molar-refractivity contribution >= 4 is 29.2 Å². The van der Waals surface area contributed by atoms with E-state index in [0.29, 0.717) is 18.0 Å². The maximum Gasteiger partial charge on any atom is 0.319 e. The largest absolute Gasteiger partial charge is 0.497 e. The van der Waals surface area contributed by atoms with Gasteiger partial charge in [0.25, 0.3) is 5.91 Å². The molecular weight excluding hydrogens is 348 g/mol. The number of methoxy groups -OCH3 is 1. The number of nitrogens with two attached hydrogens (primary N) is 1. The molecule has 3 rings (SSSR count). The van der Waals surface area contributed by atoms with Crippen LogP contribution in [0.15, 0.2) is 48.5 Å². The number of para-hydroxylation sites is 1. The number of nitrogens with one attached hydrogen (secondary N) is 2. The van der Waals surface area contributed by atoms with Gasteiger partial charge in [-0.25, -0.2) is 4.79 Å². The van der Waals surface area contributed by atoms with Crippen molar-refractivity contribution in [1.29, 1.82) is 0 Å². The van der Waals surface area contributed by atoms with Gasteiger partial charge in [-0.1, -0.05) is 12.1 Å². The minimum Gasteiger partial charge on any atom is -0.497 e. The summed E-state index contributed by atoms with van der Waals surface area (Å²) in [7, 11) is 1.57. The van der Waals surface area contributed by atoms with Crippen molar-refractivity contribution < 1.29 is 19.1 Å². The Labute approximate surface area is 156 Å². The van der Waals surface area contributed by atoms with Gasteiger partial charge in [0.1, 0.15) is 5.75 Å². The molecule has 4 N–H and O–H groups in total. The quantitative estimate of drug-likeness (QED) is 0.745. The molecule has 1 atom stereocenters. The lowest BCUT2D eigenvalue weighted by Gasteiger charge is -2.18. The highest BCUT2D eigenvalue weighted by Gasteiger charge is 2.31. The first-order valence-corrected chi connectivity index (χ1v) is 8.38. The number of anilines is 2. The molecule has 27 heavy (non-hydrogen) atoms. The van der Waals surface area contributed by atoms with Crippen LogP contribution in [-0.2, 0) is 4.79 Å². The lowest BCUT2D eigenvalue weighted by atomic mass is 10.1. The summed E-state index contributed by atoms with van der Waals surface area (Å²) in [5, 5.41) is 5.36. The number of urea groups is 1. The van der Waals surface area contributed by atoms with Crippen molar-refractivity contribution in [3.63, 3.8) is 0 Å². The van der Waals surface area contributed by atoms with Gasteiger partial charge < -0.3 is 26.0 Å². The van der Waals surface area contributed by atoms with Gasteiger partial charge in [0.2, 0.25) is 5.91 Å². The molecule has 1 saturated heterocycles. The average molecular weight is 368 g/mol. The second kappa shape index (κ2) is 7.77. The van der Waals surface area contributed by atoms with Gasteiger partial charge in [-0.05, 0) is 36.4 Å². The summed E-state index contributed by atoms with van der Waals surface area (Å²) in [6.07, 6.45) is 0.191. The fraction of sp³-hybridized carbons (Fsp3) is 0.211. The highest BCUT2D eigenvalue weighted by molar-refractivity contribution is 6.03. The number of hydrogen-bond acceptors (Lipinski definition) is 4. The summed E-state index contributed by atoms with van der Waals surface area (Å²) in [5.74, 6) is -0.0109. The van der Waals surface area contributed by atoms with Crippen molar-refractivity contribution in [1.82, 2.24) is 5.32 Å². The summed E-state index contributed by atoms with van der Waals surface area (Å²) < 4.78 is 5.11. The summed E-state index contributed by atoms with van der Waals surface area (Å²) in [6.45, 7) is 0.357. The van der Waals surface area contributed by atoms with Gasteiger partial charge in [-0.3, -0.25) is 9.59 Å². The highest BCUT2D eigenvalue weighted by atomic mass is 16.5. The van der Waals surface area contributed by atoms with E-state index in [0.717, 1.165) is 5.69 Å². The van der Waals surface area contributed by atoms with E-state index in [1.54, 1.807) is 54.5 Å². The molecule has 2 aromatic carbocycles. The maximum absolute atomic E-state index is 12.3. The fourth-order valence-corrected chi connectivity index (χ4v) is 2.97. The van der Waals surface area contributed by atoms with Crippen molar-refractivity contribution in [2.75, 3.05) is 23.9 Å². The molecule has 140 valence electrons. The Hall–Kier alpha value is -3.55. The molecule has 0 aliphatic carbocycles. The van der Waals surface area contributed by atoms with E-state index in [1.807, 2.05) is 0 Å². The van der Waals surface area contributed by atoms with E-state index in [-0.39, 0.29) is 23.9 Å². The molecule has 0 unspecified atom stereocenters. The van der Waals surface area contributed by atoms with Crippen LogP contribution in [0.25, 0.3) is 0 Å². The monoisotopic (exact) mass is 368 g/mol. The van der Waals surface area contributed by atoms with Gasteiger partial charge in [-0.15, -0.1) is 0 Å². The molecule has 0 radical (unpaired) electrons. The first kappa shape index (κ1) is 18.2. The second-order valence-electron chi connectivity index (χ2n) is 6.11. The Bertz CT molecular complexity index is 866. The van der Waals surface area contributed by atoms with E-state index in [2.05, 4.69) is 10.6 Å². The van der Waals surface area contributed by atoms with E-state index in [9.17, 15) is 14.4 Å². The Balaban J connectivity index is 1.62. The predicted molar refractivity (Wildman–Crippen MR) is 101 cm³/mol. The standard InChI is InChI=1S/C19H20N4O4/c1-27-14-8-6-13(7-9-14)23-11-12(10-17(23)24)21-19(26)22-16-5-3-2-4-15(16)18(20)25/h2-9,12H,10-11H2,1H3,(H2,20,25)(H2,21,22,26)/t12-/m1/s1. The fourth-order valence-electron chi connectivity index (χ4n) is 2.97. The molecule has 1 heterocycles. The van der Waals surface area contributed by atoms with E-state index in [1.165, 1.54) is 6.07 Å². The van der Waals surface area contributed by atoms with Crippen LogP contribution in [0, 0.1) is 0 Å². The molecule has 4 amide bonds. The Morgan fingerprint density at radius 2 is 1.85 bits per heavy atom. The normalized spacial score (nSPS) is 16.1. The lowest BCUT2D eigenvalue weighted by Crippen LogP contribution is -2.40. The summed E-state index contributed by atoms with van der Waals surface area (Å²) in [4.78, 5) is 37.6. The molecule has 1 aliphatic heterocycles. The van der Waals surface area contributed by atoms with Crippen LogP contribution in [0.2, 0.25) is 0 Å². The van der Waals surface area contributed by atoms with E-state index < -0.39 is 11.9 Å². The predicted octanol–water partition coefficient (Wildman–Crippen LogP) is 1.72. The molecule has 0 saturated carbocycles. The smallest absolute Gasteiger partial charge is 0.319 e. The second-order valence-corrected chi connectivity index (χ2v) is 6.11. The molecule has 1 aliphatic rings. The summed E-state index contributed by atoms with van der Waals surface area (Å²) >= 11 is 0. The first-order valence-electron chi connectivity index (χ1n) is 8.38. The maximum atomic E-state index is 12.3. The van der Waals surface area contributed by atoms with Gasteiger partial charge in [0, 0.05) is 18.7 Å². The van der Waals surface area contributed by atoms with Crippen molar-refractivity contribution in [2.24, 2.45) is 5.73 Å². The molecular formula is C19H20N4O4.